The molecule has 278 valence electrons. The number of amides is 1. The third-order valence-corrected chi connectivity index (χ3v) is 9.24. The minimum Gasteiger partial charge on any atom is -0.493 e. The fourth-order valence-electron chi connectivity index (χ4n) is 6.26. The van der Waals surface area contributed by atoms with Crippen molar-refractivity contribution in [1.29, 1.82) is 0 Å². The fourth-order valence-corrected chi connectivity index (χ4v) is 6.26. The van der Waals surface area contributed by atoms with Crippen LogP contribution in [0.15, 0.2) is 64.6 Å². The number of fused-ring (bicyclic) bond motifs is 2. The van der Waals surface area contributed by atoms with Crippen LogP contribution in [0.2, 0.25) is 0 Å². The summed E-state index contributed by atoms with van der Waals surface area (Å²) in [4.78, 5) is 51.3. The number of nitrogen functional groups attached to an aromatic ring is 1. The molecule has 1 amide bonds. The third kappa shape index (κ3) is 10.7. The zero-order valence-electron chi connectivity index (χ0n) is 30.6. The van der Waals surface area contributed by atoms with Gasteiger partial charge in [0.15, 0.2) is 22.7 Å². The van der Waals surface area contributed by atoms with E-state index >= 15 is 0 Å². The van der Waals surface area contributed by atoms with Crippen molar-refractivity contribution >= 4 is 40.7 Å². The second-order valence-electron chi connectivity index (χ2n) is 12.8. The van der Waals surface area contributed by atoms with Crippen molar-refractivity contribution in [2.45, 2.75) is 58.0 Å². The van der Waals surface area contributed by atoms with Crippen molar-refractivity contribution in [3.05, 3.63) is 76.3 Å². The average Bonchev–Trinajstić information content (AvgIpc) is 3.46. The van der Waals surface area contributed by atoms with E-state index in [2.05, 4.69) is 60.0 Å². The van der Waals surface area contributed by atoms with Gasteiger partial charge in [0.1, 0.15) is 6.29 Å². The Morgan fingerprint density at radius 3 is 2.48 bits per heavy atom. The average molecular weight is 715 g/mol. The zero-order valence-corrected chi connectivity index (χ0v) is 30.6. The number of unbranched alkanes of at least 4 members (excludes halogenated alkanes) is 1. The van der Waals surface area contributed by atoms with Crippen molar-refractivity contribution in [2.24, 2.45) is 10.5 Å². The highest BCUT2D eigenvalue weighted by atomic mass is 16.5. The summed E-state index contributed by atoms with van der Waals surface area (Å²) in [6, 6.07) is 15.2. The van der Waals surface area contributed by atoms with Crippen molar-refractivity contribution in [3.63, 3.8) is 0 Å². The number of aromatic amines is 1. The van der Waals surface area contributed by atoms with Gasteiger partial charge in [-0.3, -0.25) is 14.6 Å². The van der Waals surface area contributed by atoms with Gasteiger partial charge < -0.3 is 41.0 Å². The van der Waals surface area contributed by atoms with Crippen LogP contribution in [0.3, 0.4) is 0 Å². The lowest BCUT2D eigenvalue weighted by molar-refractivity contribution is -0.107. The van der Waals surface area contributed by atoms with Crippen molar-refractivity contribution in [3.8, 4) is 11.5 Å². The van der Waals surface area contributed by atoms with Gasteiger partial charge in [0, 0.05) is 49.4 Å². The number of nitrogens with zero attached hydrogens (tertiary/aromatic N) is 5. The molecule has 0 radical (unpaired) electrons. The number of rotatable bonds is 11. The number of carbonyl (C=O) groups excluding carboxylic acids is 2. The number of likely N-dealkylation sites (tertiary alicyclic amines) is 1. The van der Waals surface area contributed by atoms with Crippen LogP contribution in [0.1, 0.15) is 61.5 Å². The molecule has 52 heavy (non-hydrogen) atoms. The highest BCUT2D eigenvalue weighted by Gasteiger charge is 2.45. The van der Waals surface area contributed by atoms with Crippen LogP contribution in [0.25, 0.3) is 11.2 Å². The molecule has 1 saturated heterocycles. The molecule has 6 rings (SSSR count). The number of aldehydes is 1. The molecule has 2 aromatic carbocycles. The number of H-pyrrole nitrogens is 1. The lowest BCUT2D eigenvalue weighted by atomic mass is 9.71. The predicted molar refractivity (Wildman–Crippen MR) is 203 cm³/mol. The standard InChI is InChI=1S/C18H19N7O3.C11H21N3.C8H10O2/c19-18-24-15-14(17(28)25-18)23-13(10-22-15)9-21-12-5-3-11(4-6-12)16(27)20-7-1-2-8-26;1-11-5-4-9(13-12-2)8-10(11)14(3)7-6-11;1-9-7-5-3-4-6-8(7)10-2/h3-6,8,10,21H,1-2,7,9H2,(H,20,27)(H3,19,22,24,25,28);10,12H,4-8H2,1-3H3;3-6H,1-2H3/b;13-9+;/t;10?,11-;/m.0./s1. The van der Waals surface area contributed by atoms with Gasteiger partial charge in [0.2, 0.25) is 5.95 Å². The summed E-state index contributed by atoms with van der Waals surface area (Å²) in [6.07, 6.45) is 8.40. The van der Waals surface area contributed by atoms with Crippen LogP contribution < -0.4 is 36.8 Å². The minimum atomic E-state index is -0.444. The number of methoxy groups -OCH3 is 2. The van der Waals surface area contributed by atoms with E-state index in [1.807, 2.05) is 31.3 Å². The Morgan fingerprint density at radius 2 is 1.83 bits per heavy atom. The molecule has 1 saturated carbocycles. The topological polar surface area (TPSA) is 202 Å². The second kappa shape index (κ2) is 19.2. The lowest BCUT2D eigenvalue weighted by Gasteiger charge is -2.38. The molecular formula is C37H50N10O5. The molecule has 15 nitrogen and oxygen atoms in total. The normalized spacial score (nSPS) is 18.6. The van der Waals surface area contributed by atoms with Crippen LogP contribution in [-0.2, 0) is 11.3 Å². The number of hydrogen-bond acceptors (Lipinski definition) is 13. The maximum atomic E-state index is 12.0. The number of nitrogens with two attached hydrogens (primary N) is 1. The first kappa shape index (κ1) is 39.2. The molecule has 0 spiro atoms. The molecule has 1 aliphatic carbocycles. The number of carbonyl (C=O) groups is 2. The molecule has 4 aromatic rings. The van der Waals surface area contributed by atoms with Gasteiger partial charge in [-0.15, -0.1) is 0 Å². The van der Waals surface area contributed by atoms with E-state index in [1.54, 1.807) is 38.5 Å². The van der Waals surface area contributed by atoms with Gasteiger partial charge in [-0.05, 0) is 81.1 Å². The van der Waals surface area contributed by atoms with E-state index in [-0.39, 0.29) is 23.0 Å². The van der Waals surface area contributed by atoms with Crippen LogP contribution in [0.5, 0.6) is 11.5 Å². The quantitative estimate of drug-likeness (QED) is 0.0857. The summed E-state index contributed by atoms with van der Waals surface area (Å²) in [5, 5.41) is 10.3. The Morgan fingerprint density at radius 1 is 1.12 bits per heavy atom. The van der Waals surface area contributed by atoms with Gasteiger partial charge in [0.05, 0.1) is 32.7 Å². The lowest BCUT2D eigenvalue weighted by Crippen LogP contribution is -2.41. The van der Waals surface area contributed by atoms with Gasteiger partial charge in [-0.2, -0.15) is 10.1 Å². The number of anilines is 2. The number of aromatic nitrogens is 4. The highest BCUT2D eigenvalue weighted by molar-refractivity contribution is 5.94. The Kier molecular flexibility index (Phi) is 14.4. The fraction of sp³-hybridized carbons (Fsp3) is 0.432. The van der Waals surface area contributed by atoms with Crippen molar-refractivity contribution < 1.29 is 19.1 Å². The molecule has 2 atom stereocenters. The van der Waals surface area contributed by atoms with E-state index < -0.39 is 5.56 Å². The maximum absolute atomic E-state index is 12.0. The summed E-state index contributed by atoms with van der Waals surface area (Å²) in [5.74, 6) is 1.34. The smallest absolute Gasteiger partial charge is 0.280 e. The Labute approximate surface area is 303 Å². The van der Waals surface area contributed by atoms with E-state index in [9.17, 15) is 14.4 Å². The molecule has 2 aromatic heterocycles. The Bertz CT molecular complexity index is 1840. The first-order chi connectivity index (χ1) is 25.1. The van der Waals surface area contributed by atoms with E-state index in [0.717, 1.165) is 35.9 Å². The summed E-state index contributed by atoms with van der Waals surface area (Å²) < 4.78 is 10.0. The molecule has 1 aliphatic heterocycles. The zero-order chi connectivity index (χ0) is 37.5. The summed E-state index contributed by atoms with van der Waals surface area (Å²) in [6.45, 7) is 4.49. The van der Waals surface area contributed by atoms with Crippen molar-refractivity contribution in [1.82, 2.24) is 35.6 Å². The monoisotopic (exact) mass is 714 g/mol. The first-order valence-electron chi connectivity index (χ1n) is 17.3. The van der Waals surface area contributed by atoms with Gasteiger partial charge in [0.25, 0.3) is 11.5 Å². The number of nitrogens with one attached hydrogen (secondary N) is 4. The number of hydrazone groups is 1. The Hall–Kier alpha value is -5.57. The van der Waals surface area contributed by atoms with Gasteiger partial charge in [-0.25, -0.2) is 9.97 Å². The third-order valence-electron chi connectivity index (χ3n) is 9.24. The molecule has 2 fully saturated rings. The summed E-state index contributed by atoms with van der Waals surface area (Å²) >= 11 is 0. The maximum Gasteiger partial charge on any atom is 0.280 e. The first-order valence-corrected chi connectivity index (χ1v) is 17.3. The molecule has 3 heterocycles. The van der Waals surface area contributed by atoms with Gasteiger partial charge >= 0.3 is 0 Å². The summed E-state index contributed by atoms with van der Waals surface area (Å²) in [7, 11) is 7.38. The molecule has 2 aliphatic rings. The van der Waals surface area contributed by atoms with Crippen LogP contribution in [-0.4, -0.2) is 90.2 Å². The molecule has 15 heteroatoms. The van der Waals surface area contributed by atoms with Crippen molar-refractivity contribution in [2.75, 3.05) is 52.5 Å². The predicted octanol–water partition coefficient (Wildman–Crippen LogP) is 3.78. The van der Waals surface area contributed by atoms with E-state index in [4.69, 9.17) is 15.2 Å². The van der Waals surface area contributed by atoms with Gasteiger partial charge in [-0.1, -0.05) is 19.1 Å². The number of benzene rings is 2. The molecule has 1 unspecified atom stereocenters. The SMILES string of the molecule is CN/N=C1\CC[C@@]2(C)CCN(C)C2C1.COc1ccccc1OC.Nc1nc2ncc(CNc3ccc(C(=O)NCCCC=O)cc3)nc2c(=O)[nH]1. The van der Waals surface area contributed by atoms with Crippen LogP contribution in [0.4, 0.5) is 11.6 Å². The molecule has 0 bridgehead atoms. The van der Waals surface area contributed by atoms with Crippen LogP contribution in [0, 0.1) is 5.41 Å². The minimum absolute atomic E-state index is 0.00876. The van der Waals surface area contributed by atoms with E-state index in [0.29, 0.717) is 42.6 Å². The number of hydrogen-bond donors (Lipinski definition) is 5. The Balaban J connectivity index is 0.000000207. The van der Waals surface area contributed by atoms with Crippen LogP contribution >= 0.6 is 0 Å². The highest BCUT2D eigenvalue weighted by Crippen LogP contribution is 2.45. The van der Waals surface area contributed by atoms with E-state index in [1.165, 1.54) is 37.7 Å². The summed E-state index contributed by atoms with van der Waals surface area (Å²) in [5.41, 5.74) is 12.0. The second-order valence-corrected chi connectivity index (χ2v) is 12.8. The number of ether oxygens (including phenoxy) is 2. The molecule has 6 N–H and O–H groups in total. The number of para-hydroxylation sites is 2. The molecular weight excluding hydrogens is 664 g/mol. The largest absolute Gasteiger partial charge is 0.493 e.